The molecule has 4 unspecified atom stereocenters. The summed E-state index contributed by atoms with van der Waals surface area (Å²) in [6.45, 7) is 15.8. The number of carbonyl (C=O) groups is 1. The van der Waals surface area contributed by atoms with Crippen molar-refractivity contribution in [3.63, 3.8) is 0 Å². The molecule has 8 nitrogen and oxygen atoms in total. The van der Waals surface area contributed by atoms with Crippen LogP contribution in [-0.2, 0) is 34.9 Å². The van der Waals surface area contributed by atoms with E-state index in [0.29, 0.717) is 43.8 Å². The minimum absolute atomic E-state index is 0.163. The van der Waals surface area contributed by atoms with Gasteiger partial charge in [-0.05, 0) is 90.6 Å². The Morgan fingerprint density at radius 2 is 1.62 bits per heavy atom. The highest BCUT2D eigenvalue weighted by Crippen LogP contribution is 2.39. The summed E-state index contributed by atoms with van der Waals surface area (Å²) < 4.78 is 42.9. The van der Waals surface area contributed by atoms with E-state index in [9.17, 15) is 4.79 Å². The molecule has 3 aromatic rings. The first kappa shape index (κ1) is 33.7. The zero-order valence-electron chi connectivity index (χ0n) is 27.5. The molecule has 5 rings (SSSR count). The van der Waals surface area contributed by atoms with Crippen molar-refractivity contribution in [1.29, 1.82) is 0 Å². The number of benzene rings is 1. The Morgan fingerprint density at radius 3 is 2.36 bits per heavy atom. The van der Waals surface area contributed by atoms with Crippen LogP contribution in [0.4, 0.5) is 0 Å². The van der Waals surface area contributed by atoms with E-state index in [1.54, 1.807) is 18.3 Å². The van der Waals surface area contributed by atoms with Crippen molar-refractivity contribution >= 4 is 28.3 Å². The lowest BCUT2D eigenvalue weighted by Gasteiger charge is -2.23. The summed E-state index contributed by atoms with van der Waals surface area (Å²) in [5, 5.41) is 1.04. The van der Waals surface area contributed by atoms with Crippen molar-refractivity contribution in [2.75, 3.05) is 13.2 Å². The molecule has 1 aromatic carbocycles. The van der Waals surface area contributed by atoms with E-state index in [0.717, 1.165) is 28.0 Å². The van der Waals surface area contributed by atoms with Gasteiger partial charge in [0, 0.05) is 28.3 Å². The monoisotopic (exact) mass is 640 g/mol. The van der Waals surface area contributed by atoms with Crippen LogP contribution in [0.2, 0.25) is 0 Å². The number of aryl methyl sites for hydroxylation is 1. The normalized spacial score (nSPS) is 23.9. The fourth-order valence-electron chi connectivity index (χ4n) is 6.00. The van der Waals surface area contributed by atoms with E-state index < -0.39 is 11.6 Å². The first-order valence-corrected chi connectivity index (χ1v) is 17.0. The summed E-state index contributed by atoms with van der Waals surface area (Å²) in [6.07, 6.45) is 5.83. The average molecular weight is 641 g/mol. The predicted molar refractivity (Wildman–Crippen MR) is 176 cm³/mol. The van der Waals surface area contributed by atoms with Crippen LogP contribution >= 0.6 is 11.3 Å². The van der Waals surface area contributed by atoms with E-state index >= 15 is 0 Å². The Hall–Kier alpha value is -2.69. The molecule has 9 heteroatoms. The lowest BCUT2D eigenvalue weighted by molar-refractivity contribution is -0.157. The summed E-state index contributed by atoms with van der Waals surface area (Å²) in [4.78, 5) is 14.3. The maximum absolute atomic E-state index is 11.7. The number of ether oxygens (including phenoxy) is 6. The molecule has 0 spiro atoms. The number of fused-ring (bicyclic) bond motifs is 1. The first-order valence-electron chi connectivity index (χ1n) is 16.2. The van der Waals surface area contributed by atoms with Gasteiger partial charge in [-0.3, -0.25) is 0 Å². The summed E-state index contributed by atoms with van der Waals surface area (Å²) in [6, 6.07) is 12.4. The van der Waals surface area contributed by atoms with Gasteiger partial charge in [-0.2, -0.15) is 0 Å². The number of hydrogen-bond donors (Lipinski definition) is 0. The van der Waals surface area contributed by atoms with E-state index in [2.05, 4.69) is 31.7 Å². The molecular weight excluding hydrogens is 592 g/mol. The Morgan fingerprint density at radius 1 is 0.911 bits per heavy atom. The van der Waals surface area contributed by atoms with Crippen LogP contribution in [0.25, 0.3) is 21.6 Å². The van der Waals surface area contributed by atoms with Crippen LogP contribution < -0.4 is 4.74 Å². The topological polar surface area (TPSA) is 85.6 Å². The Balaban J connectivity index is 1.19. The Bertz CT molecular complexity index is 1450. The summed E-state index contributed by atoms with van der Waals surface area (Å²) >= 11 is 1.81. The van der Waals surface area contributed by atoms with Crippen LogP contribution in [0.15, 0.2) is 53.0 Å². The Labute approximate surface area is 271 Å². The summed E-state index contributed by atoms with van der Waals surface area (Å²) in [7, 11) is 0. The van der Waals surface area contributed by atoms with Crippen LogP contribution in [0.1, 0.15) is 84.9 Å². The van der Waals surface area contributed by atoms with Gasteiger partial charge < -0.3 is 32.8 Å². The van der Waals surface area contributed by atoms with Gasteiger partial charge in [-0.1, -0.05) is 26.3 Å². The predicted octanol–water partition coefficient (Wildman–Crippen LogP) is 8.60. The number of hydrogen-bond acceptors (Lipinski definition) is 9. The van der Waals surface area contributed by atoms with Gasteiger partial charge in [0.25, 0.3) is 0 Å². The van der Waals surface area contributed by atoms with Gasteiger partial charge >= 0.3 is 5.97 Å². The molecule has 0 saturated carbocycles. The van der Waals surface area contributed by atoms with E-state index in [-0.39, 0.29) is 30.4 Å². The molecule has 2 saturated heterocycles. The van der Waals surface area contributed by atoms with E-state index in [1.165, 1.54) is 24.1 Å². The molecular formula is C36H48O8S. The zero-order chi connectivity index (χ0) is 32.2. The van der Waals surface area contributed by atoms with Gasteiger partial charge in [-0.15, -0.1) is 11.3 Å². The van der Waals surface area contributed by atoms with Crippen LogP contribution in [-0.4, -0.2) is 55.2 Å². The van der Waals surface area contributed by atoms with Gasteiger partial charge in [0.2, 0.25) is 0 Å². The lowest BCUT2D eigenvalue weighted by atomic mass is 10.0. The lowest BCUT2D eigenvalue weighted by Crippen LogP contribution is -2.35. The second-order valence-corrected chi connectivity index (χ2v) is 14.2. The highest BCUT2D eigenvalue weighted by atomic mass is 32.1. The summed E-state index contributed by atoms with van der Waals surface area (Å²) in [5.74, 6) is -0.255. The molecule has 2 aliphatic rings. The number of rotatable bonds is 15. The first-order chi connectivity index (χ1) is 21.4. The largest absolute Gasteiger partial charge is 0.491 e. The van der Waals surface area contributed by atoms with Crippen molar-refractivity contribution < 1.29 is 37.6 Å². The number of thiophene rings is 1. The molecule has 4 heterocycles. The van der Waals surface area contributed by atoms with Crippen molar-refractivity contribution in [2.45, 2.75) is 122 Å². The quantitative estimate of drug-likeness (QED) is 0.0928. The fourth-order valence-corrected chi connectivity index (χ4v) is 7.00. The SMILES string of the molecule is C=C(C)C(=O)OCCCC1OC(C)(C)OC1CC1OC(C)(C)OC1COc1ccc2cc(-c3ccc(CCCCC)s3)oc2c1. The smallest absolute Gasteiger partial charge is 0.333 e. The van der Waals surface area contributed by atoms with Gasteiger partial charge in [-0.25, -0.2) is 4.79 Å². The number of furan rings is 1. The maximum atomic E-state index is 11.7. The molecule has 0 bridgehead atoms. The molecule has 0 radical (unpaired) electrons. The zero-order valence-corrected chi connectivity index (χ0v) is 28.3. The molecule has 45 heavy (non-hydrogen) atoms. The molecule has 2 aromatic heterocycles. The standard InChI is InChI=1S/C36H48O8S/c1-8-9-10-12-26-16-17-33(45-26)31-19-24-14-15-25(20-28(24)40-31)39-22-32-30(43-36(6,7)44-32)21-29-27(41-35(4,5)42-29)13-11-18-38-34(37)23(2)3/h14-17,19-20,27,29-30,32H,2,8-13,18,21-22H2,1,3-7H3. The highest BCUT2D eigenvalue weighted by Gasteiger charge is 2.47. The van der Waals surface area contributed by atoms with E-state index in [4.69, 9.17) is 32.8 Å². The highest BCUT2D eigenvalue weighted by molar-refractivity contribution is 7.15. The minimum atomic E-state index is -0.754. The fraction of sp³-hybridized carbons (Fsp3) is 0.583. The van der Waals surface area contributed by atoms with Crippen LogP contribution in [0.3, 0.4) is 0 Å². The molecule has 0 amide bonds. The second-order valence-electron chi connectivity index (χ2n) is 13.1. The van der Waals surface area contributed by atoms with Gasteiger partial charge in [0.05, 0.1) is 29.8 Å². The van der Waals surface area contributed by atoms with Gasteiger partial charge in [0.1, 0.15) is 29.8 Å². The van der Waals surface area contributed by atoms with Crippen LogP contribution in [0.5, 0.6) is 5.75 Å². The minimum Gasteiger partial charge on any atom is -0.491 e. The number of esters is 1. The third-order valence-corrected chi connectivity index (χ3v) is 9.25. The molecule has 2 aliphatic heterocycles. The molecule has 246 valence electrons. The Kier molecular flexibility index (Phi) is 10.8. The molecule has 0 N–H and O–H groups in total. The third kappa shape index (κ3) is 8.98. The second kappa shape index (κ2) is 14.4. The van der Waals surface area contributed by atoms with Crippen molar-refractivity contribution in [2.24, 2.45) is 0 Å². The maximum Gasteiger partial charge on any atom is 0.333 e. The van der Waals surface area contributed by atoms with Crippen molar-refractivity contribution in [3.05, 3.63) is 53.4 Å². The molecule has 2 fully saturated rings. The van der Waals surface area contributed by atoms with Crippen molar-refractivity contribution in [3.8, 4) is 16.4 Å². The summed E-state index contributed by atoms with van der Waals surface area (Å²) in [5.41, 5.74) is 1.18. The molecule has 4 atom stereocenters. The van der Waals surface area contributed by atoms with Crippen molar-refractivity contribution in [1.82, 2.24) is 0 Å². The number of unbranched alkanes of at least 4 members (excludes halogenated alkanes) is 2. The average Bonchev–Trinajstić information content (AvgIpc) is 3.74. The molecule has 0 aliphatic carbocycles. The van der Waals surface area contributed by atoms with E-state index in [1.807, 2.05) is 45.9 Å². The number of carbonyl (C=O) groups excluding carboxylic acids is 1. The van der Waals surface area contributed by atoms with Crippen LogP contribution in [0, 0.1) is 0 Å². The third-order valence-electron chi connectivity index (χ3n) is 8.09. The van der Waals surface area contributed by atoms with Gasteiger partial charge in [0.15, 0.2) is 11.6 Å².